The quantitative estimate of drug-likeness (QED) is 0.750. The molecule has 0 saturated carbocycles. The number of imidazole rings is 1. The van der Waals surface area contributed by atoms with E-state index < -0.39 is 0 Å². The number of nitrogens with zero attached hydrogens (tertiary/aromatic N) is 5. The third kappa shape index (κ3) is 3.29. The van der Waals surface area contributed by atoms with Crippen LogP contribution in [0.15, 0.2) is 36.7 Å². The molecule has 0 aliphatic carbocycles. The van der Waals surface area contributed by atoms with Gasteiger partial charge in [0.25, 0.3) is 5.91 Å². The molecule has 1 aliphatic heterocycles. The number of benzene rings is 1. The molecule has 8 heteroatoms. The zero-order chi connectivity index (χ0) is 17.2. The van der Waals surface area contributed by atoms with Crippen LogP contribution in [-0.4, -0.2) is 64.0 Å². The Kier molecular flexibility index (Phi) is 4.02. The zero-order valence-corrected chi connectivity index (χ0v) is 13.9. The molecule has 0 radical (unpaired) electrons. The number of aromatic amines is 1. The van der Waals surface area contributed by atoms with Crippen LogP contribution in [0.1, 0.15) is 10.5 Å². The highest BCUT2D eigenvalue weighted by Crippen LogP contribution is 2.16. The number of hydrogen-bond donors (Lipinski definition) is 2. The number of fused-ring (bicyclic) bond motifs is 1. The molecule has 3 heterocycles. The van der Waals surface area contributed by atoms with Crippen LogP contribution in [0.3, 0.4) is 0 Å². The first kappa shape index (κ1) is 15.5. The van der Waals surface area contributed by atoms with Crippen molar-refractivity contribution in [3.63, 3.8) is 0 Å². The molecule has 0 atom stereocenters. The van der Waals surface area contributed by atoms with E-state index >= 15 is 0 Å². The normalized spacial score (nSPS) is 15.5. The molecule has 0 bridgehead atoms. The lowest BCUT2D eigenvalue weighted by molar-refractivity contribution is 0.102. The predicted octanol–water partition coefficient (Wildman–Crippen LogP) is 1.36. The zero-order valence-electron chi connectivity index (χ0n) is 13.9. The summed E-state index contributed by atoms with van der Waals surface area (Å²) in [6.07, 6.45) is 1.43. The number of carbonyl (C=O) groups excluding carboxylic acids is 1. The number of nitrogens with one attached hydrogen (secondary N) is 2. The summed E-state index contributed by atoms with van der Waals surface area (Å²) in [5.41, 5.74) is 2.00. The van der Waals surface area contributed by atoms with Crippen LogP contribution in [-0.2, 0) is 0 Å². The Bertz CT molecular complexity index is 866. The summed E-state index contributed by atoms with van der Waals surface area (Å²) in [6, 6.07) is 9.34. The largest absolute Gasteiger partial charge is 0.354 e. The topological polar surface area (TPSA) is 90.0 Å². The SMILES string of the molecule is CN1CCN(c2cc(C(=O)Nc3nc4ccccc4[nH]3)ncn2)CC1. The van der Waals surface area contributed by atoms with Crippen LogP contribution in [0.2, 0.25) is 0 Å². The number of para-hydroxylation sites is 2. The number of aromatic nitrogens is 4. The van der Waals surface area contributed by atoms with Crippen LogP contribution in [0, 0.1) is 0 Å². The fourth-order valence-electron chi connectivity index (χ4n) is 2.86. The summed E-state index contributed by atoms with van der Waals surface area (Å²) in [4.78, 5) is 32.8. The van der Waals surface area contributed by atoms with Gasteiger partial charge in [-0.3, -0.25) is 10.1 Å². The van der Waals surface area contributed by atoms with E-state index in [-0.39, 0.29) is 5.91 Å². The Balaban J connectivity index is 1.51. The van der Waals surface area contributed by atoms with E-state index in [0.717, 1.165) is 43.0 Å². The molecule has 128 valence electrons. The fraction of sp³-hybridized carbons (Fsp3) is 0.294. The van der Waals surface area contributed by atoms with Gasteiger partial charge in [0.1, 0.15) is 17.8 Å². The number of amides is 1. The Morgan fingerprint density at radius 2 is 1.96 bits per heavy atom. The molecule has 3 aromatic rings. The summed E-state index contributed by atoms with van der Waals surface area (Å²) in [6.45, 7) is 3.73. The highest BCUT2D eigenvalue weighted by molar-refractivity contribution is 6.02. The number of anilines is 2. The van der Waals surface area contributed by atoms with Crippen molar-refractivity contribution in [2.75, 3.05) is 43.4 Å². The van der Waals surface area contributed by atoms with Gasteiger partial charge in [-0.1, -0.05) is 12.1 Å². The van der Waals surface area contributed by atoms with Crippen LogP contribution < -0.4 is 10.2 Å². The van der Waals surface area contributed by atoms with Crippen molar-refractivity contribution in [2.24, 2.45) is 0 Å². The van der Waals surface area contributed by atoms with Crippen molar-refractivity contribution in [3.05, 3.63) is 42.4 Å². The van der Waals surface area contributed by atoms with E-state index in [2.05, 4.69) is 42.1 Å². The Morgan fingerprint density at radius 1 is 1.16 bits per heavy atom. The fourth-order valence-corrected chi connectivity index (χ4v) is 2.86. The molecule has 25 heavy (non-hydrogen) atoms. The molecule has 2 aromatic heterocycles. The molecular weight excluding hydrogens is 318 g/mol. The average Bonchev–Trinajstić information content (AvgIpc) is 3.04. The molecule has 1 amide bonds. The summed E-state index contributed by atoms with van der Waals surface area (Å²) in [5, 5.41) is 2.76. The third-order valence-corrected chi connectivity index (χ3v) is 4.33. The van der Waals surface area contributed by atoms with Crippen LogP contribution in [0.4, 0.5) is 11.8 Å². The Hall–Kier alpha value is -3.00. The van der Waals surface area contributed by atoms with Gasteiger partial charge in [-0.25, -0.2) is 15.0 Å². The minimum Gasteiger partial charge on any atom is -0.354 e. The standard InChI is InChI=1S/C17H19N7O/c1-23-6-8-24(9-7-23)15-10-14(18-11-19-15)16(25)22-17-20-12-4-2-3-5-13(12)21-17/h2-5,10-11H,6-9H2,1H3,(H2,20,21,22,25). The summed E-state index contributed by atoms with van der Waals surface area (Å²) >= 11 is 0. The minimum atomic E-state index is -0.308. The van der Waals surface area contributed by atoms with Gasteiger partial charge in [0.2, 0.25) is 5.95 Å². The Morgan fingerprint density at radius 3 is 2.76 bits per heavy atom. The lowest BCUT2D eigenvalue weighted by Crippen LogP contribution is -2.44. The van der Waals surface area contributed by atoms with Gasteiger partial charge >= 0.3 is 0 Å². The number of H-pyrrole nitrogens is 1. The molecule has 4 rings (SSSR count). The summed E-state index contributed by atoms with van der Waals surface area (Å²) in [5.74, 6) is 0.876. The second-order valence-electron chi connectivity index (χ2n) is 6.11. The van der Waals surface area contributed by atoms with Gasteiger partial charge in [-0.2, -0.15) is 0 Å². The van der Waals surface area contributed by atoms with Crippen LogP contribution in [0.5, 0.6) is 0 Å². The van der Waals surface area contributed by atoms with Crippen molar-refractivity contribution in [2.45, 2.75) is 0 Å². The molecular formula is C17H19N7O. The van der Waals surface area contributed by atoms with E-state index in [1.54, 1.807) is 6.07 Å². The molecule has 1 saturated heterocycles. The highest BCUT2D eigenvalue weighted by Gasteiger charge is 2.18. The van der Waals surface area contributed by atoms with E-state index in [1.165, 1.54) is 6.33 Å². The first-order valence-electron chi connectivity index (χ1n) is 8.21. The number of rotatable bonds is 3. The lowest BCUT2D eigenvalue weighted by atomic mass is 10.3. The average molecular weight is 337 g/mol. The van der Waals surface area contributed by atoms with E-state index in [1.807, 2.05) is 24.3 Å². The van der Waals surface area contributed by atoms with Gasteiger partial charge in [0, 0.05) is 32.2 Å². The third-order valence-electron chi connectivity index (χ3n) is 4.33. The van der Waals surface area contributed by atoms with Gasteiger partial charge in [-0.05, 0) is 19.2 Å². The first-order valence-corrected chi connectivity index (χ1v) is 8.21. The van der Waals surface area contributed by atoms with E-state index in [4.69, 9.17) is 0 Å². The smallest absolute Gasteiger partial charge is 0.276 e. The molecule has 1 fully saturated rings. The number of piperazine rings is 1. The van der Waals surface area contributed by atoms with E-state index in [0.29, 0.717) is 11.6 Å². The van der Waals surface area contributed by atoms with Crippen LogP contribution >= 0.6 is 0 Å². The van der Waals surface area contributed by atoms with Crippen molar-refractivity contribution in [3.8, 4) is 0 Å². The monoisotopic (exact) mass is 337 g/mol. The first-order chi connectivity index (χ1) is 12.2. The number of hydrogen-bond acceptors (Lipinski definition) is 6. The molecule has 8 nitrogen and oxygen atoms in total. The number of likely N-dealkylation sites (N-methyl/N-ethyl adjacent to an activating group) is 1. The maximum atomic E-state index is 12.5. The Labute approximate surface area is 144 Å². The molecule has 1 aliphatic rings. The van der Waals surface area contributed by atoms with Gasteiger partial charge in [-0.15, -0.1) is 0 Å². The van der Waals surface area contributed by atoms with E-state index in [9.17, 15) is 4.79 Å². The summed E-state index contributed by atoms with van der Waals surface area (Å²) < 4.78 is 0. The lowest BCUT2D eigenvalue weighted by Gasteiger charge is -2.33. The van der Waals surface area contributed by atoms with Crippen LogP contribution in [0.25, 0.3) is 11.0 Å². The van der Waals surface area contributed by atoms with Gasteiger partial charge in [0.15, 0.2) is 0 Å². The number of carbonyl (C=O) groups is 1. The molecule has 0 unspecified atom stereocenters. The van der Waals surface area contributed by atoms with Crippen molar-refractivity contribution in [1.82, 2.24) is 24.8 Å². The maximum absolute atomic E-state index is 12.5. The molecule has 2 N–H and O–H groups in total. The summed E-state index contributed by atoms with van der Waals surface area (Å²) in [7, 11) is 2.10. The van der Waals surface area contributed by atoms with Gasteiger partial charge in [0.05, 0.1) is 11.0 Å². The second kappa shape index (κ2) is 6.48. The van der Waals surface area contributed by atoms with Crippen molar-refractivity contribution < 1.29 is 4.79 Å². The van der Waals surface area contributed by atoms with Crippen molar-refractivity contribution >= 4 is 28.7 Å². The molecule has 0 spiro atoms. The van der Waals surface area contributed by atoms with Crippen molar-refractivity contribution in [1.29, 1.82) is 0 Å². The molecule has 1 aromatic carbocycles. The maximum Gasteiger partial charge on any atom is 0.276 e. The highest BCUT2D eigenvalue weighted by atomic mass is 16.2. The van der Waals surface area contributed by atoms with Gasteiger partial charge < -0.3 is 14.8 Å². The minimum absolute atomic E-state index is 0.308. The predicted molar refractivity (Wildman–Crippen MR) is 95.8 cm³/mol. The second-order valence-corrected chi connectivity index (χ2v) is 6.11.